The van der Waals surface area contributed by atoms with Gasteiger partial charge in [0.25, 0.3) is 0 Å². The lowest BCUT2D eigenvalue weighted by molar-refractivity contribution is 0.311. The van der Waals surface area contributed by atoms with Crippen LogP contribution in [0, 0.1) is 0 Å². The monoisotopic (exact) mass is 301 g/mol. The average Bonchev–Trinajstić information content (AvgIpc) is 2.92. The molecule has 1 aliphatic rings. The van der Waals surface area contributed by atoms with Gasteiger partial charge in [-0.3, -0.25) is 0 Å². The van der Waals surface area contributed by atoms with Crippen molar-refractivity contribution in [3.63, 3.8) is 0 Å². The fourth-order valence-corrected chi connectivity index (χ4v) is 3.68. The zero-order valence-electron chi connectivity index (χ0n) is 12.3. The highest BCUT2D eigenvalue weighted by Gasteiger charge is 2.22. The maximum atomic E-state index is 5.55. The Morgan fingerprint density at radius 1 is 1.19 bits per heavy atom. The van der Waals surface area contributed by atoms with Crippen molar-refractivity contribution >= 4 is 17.4 Å². The van der Waals surface area contributed by atoms with Gasteiger partial charge in [0.2, 0.25) is 0 Å². The van der Waals surface area contributed by atoms with Crippen molar-refractivity contribution in [3.8, 4) is 11.5 Å². The fourth-order valence-electron chi connectivity index (χ4n) is 2.52. The number of rotatable bonds is 5. The van der Waals surface area contributed by atoms with Crippen LogP contribution >= 0.6 is 11.8 Å². The van der Waals surface area contributed by atoms with Gasteiger partial charge in [-0.15, -0.1) is 11.8 Å². The summed E-state index contributed by atoms with van der Waals surface area (Å²) in [7, 11) is 1.67. The highest BCUT2D eigenvalue weighted by atomic mass is 32.2. The molecule has 0 bridgehead atoms. The number of benzene rings is 2. The predicted octanol–water partition coefficient (Wildman–Crippen LogP) is 4.35. The van der Waals surface area contributed by atoms with E-state index in [4.69, 9.17) is 9.47 Å². The molecule has 1 heterocycles. The molecule has 0 aromatic heterocycles. The number of anilines is 1. The highest BCUT2D eigenvalue weighted by Crippen LogP contribution is 2.40. The van der Waals surface area contributed by atoms with E-state index in [2.05, 4.69) is 29.6 Å². The van der Waals surface area contributed by atoms with Crippen LogP contribution in [0.25, 0.3) is 0 Å². The molecule has 1 unspecified atom stereocenters. The van der Waals surface area contributed by atoms with Gasteiger partial charge in [0.05, 0.1) is 19.8 Å². The number of thioether (sulfide) groups is 1. The van der Waals surface area contributed by atoms with E-state index in [0.29, 0.717) is 12.6 Å². The zero-order chi connectivity index (χ0) is 14.7. The first-order valence-electron chi connectivity index (χ1n) is 7.11. The third kappa shape index (κ3) is 2.95. The number of fused-ring (bicyclic) bond motifs is 1. The summed E-state index contributed by atoms with van der Waals surface area (Å²) in [5.41, 5.74) is 2.42. The molecule has 3 rings (SSSR count). The Morgan fingerprint density at radius 2 is 2.05 bits per heavy atom. The van der Waals surface area contributed by atoms with Crippen molar-refractivity contribution in [3.05, 3.63) is 48.0 Å². The minimum atomic E-state index is 0.342. The number of methoxy groups -OCH3 is 1. The number of nitrogens with one attached hydrogen (secondary N) is 1. The molecular formula is C17H19NO2S. The summed E-state index contributed by atoms with van der Waals surface area (Å²) in [6.07, 6.45) is 0. The molecule has 0 radical (unpaired) electrons. The van der Waals surface area contributed by atoms with Gasteiger partial charge in [-0.05, 0) is 30.7 Å². The molecule has 0 fully saturated rings. The molecule has 1 aliphatic heterocycles. The lowest BCUT2D eigenvalue weighted by atomic mass is 10.1. The Morgan fingerprint density at radius 3 is 2.86 bits per heavy atom. The van der Waals surface area contributed by atoms with Gasteiger partial charge >= 0.3 is 0 Å². The van der Waals surface area contributed by atoms with Crippen molar-refractivity contribution in [1.29, 1.82) is 0 Å². The molecule has 0 saturated carbocycles. The summed E-state index contributed by atoms with van der Waals surface area (Å²) in [5.74, 6) is 2.60. The highest BCUT2D eigenvalue weighted by molar-refractivity contribution is 7.99. The second kappa shape index (κ2) is 6.31. The first-order valence-corrected chi connectivity index (χ1v) is 8.09. The number of hydrogen-bond donors (Lipinski definition) is 1. The molecule has 3 nitrogen and oxygen atoms in total. The summed E-state index contributed by atoms with van der Waals surface area (Å²) < 4.78 is 11.0. The van der Waals surface area contributed by atoms with Gasteiger partial charge in [0, 0.05) is 22.4 Å². The Balaban J connectivity index is 1.80. The molecule has 1 atom stereocenters. The van der Waals surface area contributed by atoms with Gasteiger partial charge in [-0.25, -0.2) is 0 Å². The smallest absolute Gasteiger partial charge is 0.162 e. The van der Waals surface area contributed by atoms with Crippen molar-refractivity contribution < 1.29 is 9.47 Å². The van der Waals surface area contributed by atoms with Crippen LogP contribution in [0.5, 0.6) is 11.5 Å². The molecule has 2 aromatic rings. The normalized spacial score (nSPS) is 16.4. The Hall–Kier alpha value is -1.81. The van der Waals surface area contributed by atoms with Crippen molar-refractivity contribution in [1.82, 2.24) is 0 Å². The van der Waals surface area contributed by atoms with Gasteiger partial charge in [-0.1, -0.05) is 18.2 Å². The summed E-state index contributed by atoms with van der Waals surface area (Å²) >= 11 is 1.90. The van der Waals surface area contributed by atoms with Crippen LogP contribution in [0.15, 0.2) is 47.4 Å². The predicted molar refractivity (Wildman–Crippen MR) is 87.7 cm³/mol. The van der Waals surface area contributed by atoms with Crippen LogP contribution in [0.3, 0.4) is 0 Å². The fraction of sp³-hybridized carbons (Fsp3) is 0.294. The Bertz CT molecular complexity index is 630. The van der Waals surface area contributed by atoms with Crippen LogP contribution in [0.2, 0.25) is 0 Å². The molecule has 1 N–H and O–H groups in total. The van der Waals surface area contributed by atoms with E-state index in [1.165, 1.54) is 10.5 Å². The minimum Gasteiger partial charge on any atom is -0.493 e. The van der Waals surface area contributed by atoms with E-state index in [-0.39, 0.29) is 0 Å². The van der Waals surface area contributed by atoms with Crippen LogP contribution in [-0.4, -0.2) is 19.5 Å². The van der Waals surface area contributed by atoms with Crippen LogP contribution in [0.4, 0.5) is 5.69 Å². The summed E-state index contributed by atoms with van der Waals surface area (Å²) in [6.45, 7) is 2.61. The van der Waals surface area contributed by atoms with Gasteiger partial charge < -0.3 is 14.8 Å². The largest absolute Gasteiger partial charge is 0.493 e. The third-order valence-corrected chi connectivity index (χ3v) is 4.69. The molecule has 21 heavy (non-hydrogen) atoms. The second-order valence-electron chi connectivity index (χ2n) is 4.84. The second-order valence-corrected chi connectivity index (χ2v) is 5.91. The Labute approximate surface area is 129 Å². The zero-order valence-corrected chi connectivity index (χ0v) is 13.1. The Kier molecular flexibility index (Phi) is 4.25. The van der Waals surface area contributed by atoms with Crippen LogP contribution in [0.1, 0.15) is 18.5 Å². The van der Waals surface area contributed by atoms with E-state index in [1.807, 2.05) is 36.9 Å². The lowest BCUT2D eigenvalue weighted by Gasteiger charge is -2.17. The van der Waals surface area contributed by atoms with Crippen LogP contribution < -0.4 is 14.8 Å². The molecule has 0 amide bonds. The van der Waals surface area contributed by atoms with Crippen LogP contribution in [-0.2, 0) is 0 Å². The van der Waals surface area contributed by atoms with E-state index in [0.717, 1.165) is 22.9 Å². The number of hydrogen-bond acceptors (Lipinski definition) is 4. The van der Waals surface area contributed by atoms with Crippen molar-refractivity contribution in [2.45, 2.75) is 17.9 Å². The third-order valence-electron chi connectivity index (χ3n) is 3.50. The minimum absolute atomic E-state index is 0.342. The standard InChI is InChI=1S/C17H19NO2S/c1-3-20-15-9-8-12(10-16(15)19-2)18-14-11-21-17-7-5-4-6-13(14)17/h4-10,14,18H,3,11H2,1-2H3. The maximum absolute atomic E-state index is 5.55. The number of ether oxygens (including phenoxy) is 2. The van der Waals surface area contributed by atoms with E-state index < -0.39 is 0 Å². The van der Waals surface area contributed by atoms with Gasteiger partial charge in [0.15, 0.2) is 11.5 Å². The SMILES string of the molecule is CCOc1ccc(NC2CSc3ccccc32)cc1OC. The van der Waals surface area contributed by atoms with Crippen molar-refractivity contribution in [2.75, 3.05) is 24.8 Å². The summed E-state index contributed by atoms with van der Waals surface area (Å²) in [5, 5.41) is 3.58. The van der Waals surface area contributed by atoms with Gasteiger partial charge in [0.1, 0.15) is 0 Å². The molecule has 4 heteroatoms. The van der Waals surface area contributed by atoms with Gasteiger partial charge in [-0.2, -0.15) is 0 Å². The average molecular weight is 301 g/mol. The summed E-state index contributed by atoms with van der Waals surface area (Å²) in [6, 6.07) is 14.9. The lowest BCUT2D eigenvalue weighted by Crippen LogP contribution is -2.09. The molecule has 0 saturated heterocycles. The summed E-state index contributed by atoms with van der Waals surface area (Å²) in [4.78, 5) is 1.37. The van der Waals surface area contributed by atoms with E-state index in [9.17, 15) is 0 Å². The van der Waals surface area contributed by atoms with E-state index in [1.54, 1.807) is 7.11 Å². The first kappa shape index (κ1) is 14.1. The van der Waals surface area contributed by atoms with Crippen molar-refractivity contribution in [2.24, 2.45) is 0 Å². The topological polar surface area (TPSA) is 30.5 Å². The van der Waals surface area contributed by atoms with E-state index >= 15 is 0 Å². The molecule has 0 aliphatic carbocycles. The molecule has 2 aromatic carbocycles. The molecule has 0 spiro atoms. The quantitative estimate of drug-likeness (QED) is 0.889. The molecular weight excluding hydrogens is 282 g/mol. The molecule has 110 valence electrons. The first-order chi connectivity index (χ1) is 10.3. The maximum Gasteiger partial charge on any atom is 0.162 e.